The van der Waals surface area contributed by atoms with Crippen LogP contribution in [0, 0.1) is 6.92 Å². The molecular formula is C47H47N5O6S. The number of aromatic nitrogens is 2. The minimum atomic E-state index is -3.99. The van der Waals surface area contributed by atoms with E-state index in [1.807, 2.05) is 85.8 Å². The molecular weight excluding hydrogens is 763 g/mol. The average Bonchev–Trinajstić information content (AvgIpc) is 3.28. The van der Waals surface area contributed by atoms with Crippen molar-refractivity contribution in [1.82, 2.24) is 14.3 Å². The Kier molecular flexibility index (Phi) is 13.1. The number of carbonyl (C=O) groups is 2. The molecule has 302 valence electrons. The molecule has 0 N–H and O–H groups in total. The standard InChI is InChI=1S/C47H47N5O6S/c1-35-14-21-42(22-15-35)59(55,56)50(2)32-45(53)52(31-36-16-18-39(19-17-36)40-24-28-51(29-25-40)47-48-26-9-27-49-47)41-20-23-43(46(54)58-34-38-12-7-4-8-13-38)44(30-41)57-33-37-10-5-3-6-11-37/h3-23,26-27,30,40H,24-25,28-29,31-34H2,1-2H3. The first-order valence-corrected chi connectivity index (χ1v) is 21.0. The summed E-state index contributed by atoms with van der Waals surface area (Å²) in [6.07, 6.45) is 5.43. The largest absolute Gasteiger partial charge is 0.488 e. The molecule has 1 aliphatic heterocycles. The summed E-state index contributed by atoms with van der Waals surface area (Å²) in [7, 11) is -2.59. The number of carbonyl (C=O) groups excluding carboxylic acids is 2. The van der Waals surface area contributed by atoms with Gasteiger partial charge in [-0.05, 0) is 78.3 Å². The zero-order valence-electron chi connectivity index (χ0n) is 33.2. The van der Waals surface area contributed by atoms with Crippen LogP contribution >= 0.6 is 0 Å². The number of amides is 1. The van der Waals surface area contributed by atoms with Crippen LogP contribution in [0.3, 0.4) is 0 Å². The molecule has 1 saturated heterocycles. The van der Waals surface area contributed by atoms with Crippen molar-refractivity contribution in [3.8, 4) is 5.75 Å². The number of likely N-dealkylation sites (N-methyl/N-ethyl adjacent to an activating group) is 1. The molecule has 1 amide bonds. The number of rotatable bonds is 15. The highest BCUT2D eigenvalue weighted by molar-refractivity contribution is 7.89. The van der Waals surface area contributed by atoms with Crippen molar-refractivity contribution in [2.45, 2.75) is 50.3 Å². The minimum absolute atomic E-state index is 0.0719. The number of hydrogen-bond acceptors (Lipinski definition) is 9. The van der Waals surface area contributed by atoms with Crippen molar-refractivity contribution < 1.29 is 27.5 Å². The van der Waals surface area contributed by atoms with E-state index < -0.39 is 28.4 Å². The summed E-state index contributed by atoms with van der Waals surface area (Å²) < 4.78 is 40.3. The lowest BCUT2D eigenvalue weighted by Gasteiger charge is -2.32. The van der Waals surface area contributed by atoms with Crippen molar-refractivity contribution >= 4 is 33.5 Å². The van der Waals surface area contributed by atoms with Gasteiger partial charge in [-0.1, -0.05) is 103 Å². The average molecular weight is 810 g/mol. The van der Waals surface area contributed by atoms with Gasteiger partial charge >= 0.3 is 5.97 Å². The number of nitrogens with zero attached hydrogens (tertiary/aromatic N) is 5. The van der Waals surface area contributed by atoms with Crippen molar-refractivity contribution in [2.75, 3.05) is 36.5 Å². The summed E-state index contributed by atoms with van der Waals surface area (Å²) in [6, 6.07) is 40.4. The highest BCUT2D eigenvalue weighted by Gasteiger charge is 2.28. The molecule has 11 nitrogen and oxygen atoms in total. The Morgan fingerprint density at radius 1 is 0.746 bits per heavy atom. The Bertz CT molecular complexity index is 2430. The predicted octanol–water partition coefficient (Wildman–Crippen LogP) is 7.96. The number of anilines is 2. The van der Waals surface area contributed by atoms with Crippen LogP contribution in [0.5, 0.6) is 5.75 Å². The van der Waals surface area contributed by atoms with Gasteiger partial charge in [-0.3, -0.25) is 4.79 Å². The summed E-state index contributed by atoms with van der Waals surface area (Å²) in [5, 5.41) is 0. The number of esters is 1. The molecule has 6 aromatic rings. The zero-order chi connectivity index (χ0) is 41.2. The SMILES string of the molecule is Cc1ccc(S(=O)(=O)N(C)CC(=O)N(Cc2ccc(C3CCN(c4ncccn4)CC3)cc2)c2ccc(C(=O)OCc3ccccc3)c(OCc3ccccc3)c2)cc1. The van der Waals surface area contributed by atoms with E-state index in [1.54, 1.807) is 42.7 Å². The Balaban J connectivity index is 1.15. The first-order chi connectivity index (χ1) is 28.6. The molecule has 0 bridgehead atoms. The Labute approximate surface area is 345 Å². The number of aryl methyl sites for hydroxylation is 1. The molecule has 1 aliphatic rings. The maximum atomic E-state index is 14.4. The van der Waals surface area contributed by atoms with Gasteiger partial charge in [0.1, 0.15) is 24.5 Å². The van der Waals surface area contributed by atoms with E-state index in [2.05, 4.69) is 27.0 Å². The van der Waals surface area contributed by atoms with Gasteiger partial charge in [-0.2, -0.15) is 4.31 Å². The first-order valence-electron chi connectivity index (χ1n) is 19.6. The molecule has 1 aromatic heterocycles. The van der Waals surface area contributed by atoms with E-state index in [-0.39, 0.29) is 36.0 Å². The van der Waals surface area contributed by atoms with Crippen LogP contribution in [0.2, 0.25) is 0 Å². The summed E-state index contributed by atoms with van der Waals surface area (Å²) in [4.78, 5) is 40.6. The third-order valence-electron chi connectivity index (χ3n) is 10.5. The monoisotopic (exact) mass is 809 g/mol. The molecule has 7 rings (SSSR count). The van der Waals surface area contributed by atoms with Crippen molar-refractivity contribution in [1.29, 1.82) is 0 Å². The molecule has 59 heavy (non-hydrogen) atoms. The van der Waals surface area contributed by atoms with Gasteiger partial charge in [0.05, 0.1) is 18.0 Å². The van der Waals surface area contributed by atoms with E-state index in [0.717, 1.165) is 58.4 Å². The summed E-state index contributed by atoms with van der Waals surface area (Å²) in [5.74, 6) is 0.291. The van der Waals surface area contributed by atoms with Gasteiger partial charge in [-0.15, -0.1) is 0 Å². The third-order valence-corrected chi connectivity index (χ3v) is 12.3. The third kappa shape index (κ3) is 10.4. The van der Waals surface area contributed by atoms with Crippen LogP contribution in [0.1, 0.15) is 56.9 Å². The molecule has 0 atom stereocenters. The van der Waals surface area contributed by atoms with E-state index in [0.29, 0.717) is 11.6 Å². The molecule has 0 unspecified atom stereocenters. The lowest BCUT2D eigenvalue weighted by molar-refractivity contribution is -0.118. The van der Waals surface area contributed by atoms with Gasteiger partial charge in [-0.25, -0.2) is 23.2 Å². The highest BCUT2D eigenvalue weighted by atomic mass is 32.2. The molecule has 5 aromatic carbocycles. The molecule has 2 heterocycles. The fraction of sp³-hybridized carbons (Fsp3) is 0.234. The summed E-state index contributed by atoms with van der Waals surface area (Å²) in [6.45, 7) is 3.51. The number of sulfonamides is 1. The highest BCUT2D eigenvalue weighted by Crippen LogP contribution is 2.32. The number of piperidine rings is 1. The molecule has 0 spiro atoms. The maximum Gasteiger partial charge on any atom is 0.342 e. The Morgan fingerprint density at radius 2 is 1.37 bits per heavy atom. The van der Waals surface area contributed by atoms with Crippen molar-refractivity contribution in [3.63, 3.8) is 0 Å². The van der Waals surface area contributed by atoms with E-state index in [9.17, 15) is 18.0 Å². The number of hydrogen-bond donors (Lipinski definition) is 0. The summed E-state index contributed by atoms with van der Waals surface area (Å²) >= 11 is 0. The second-order valence-electron chi connectivity index (χ2n) is 14.6. The molecule has 1 fully saturated rings. The molecule has 0 aliphatic carbocycles. The van der Waals surface area contributed by atoms with Gasteiger partial charge in [0, 0.05) is 44.3 Å². The molecule has 0 radical (unpaired) electrons. The van der Waals surface area contributed by atoms with Gasteiger partial charge in [0.2, 0.25) is 21.9 Å². The second kappa shape index (κ2) is 18.9. The van der Waals surface area contributed by atoms with E-state index in [4.69, 9.17) is 9.47 Å². The van der Waals surface area contributed by atoms with Gasteiger partial charge < -0.3 is 19.3 Å². The smallest absolute Gasteiger partial charge is 0.342 e. The van der Waals surface area contributed by atoms with Crippen LogP contribution in [-0.2, 0) is 39.3 Å². The fourth-order valence-corrected chi connectivity index (χ4v) is 8.14. The number of benzene rings is 5. The van der Waals surface area contributed by atoms with Crippen molar-refractivity contribution in [2.24, 2.45) is 0 Å². The first kappa shape index (κ1) is 40.8. The second-order valence-corrected chi connectivity index (χ2v) is 16.7. The van der Waals surface area contributed by atoms with Crippen molar-refractivity contribution in [3.05, 3.63) is 179 Å². The van der Waals surface area contributed by atoms with Gasteiger partial charge in [0.15, 0.2) is 0 Å². The van der Waals surface area contributed by atoms with E-state index >= 15 is 0 Å². The zero-order valence-corrected chi connectivity index (χ0v) is 34.0. The van der Waals surface area contributed by atoms with Crippen LogP contribution in [0.25, 0.3) is 0 Å². The Hall–Kier alpha value is -6.37. The topological polar surface area (TPSA) is 122 Å². The normalized spacial score (nSPS) is 13.2. The quantitative estimate of drug-likeness (QED) is 0.0952. The van der Waals surface area contributed by atoms with Crippen LogP contribution in [-0.4, -0.2) is 61.2 Å². The molecule has 0 saturated carbocycles. The maximum absolute atomic E-state index is 14.4. The van der Waals surface area contributed by atoms with Gasteiger partial charge in [0.25, 0.3) is 0 Å². The van der Waals surface area contributed by atoms with Crippen LogP contribution in [0.15, 0.2) is 151 Å². The lowest BCUT2D eigenvalue weighted by atomic mass is 9.89. The predicted molar refractivity (Wildman–Crippen MR) is 228 cm³/mol. The lowest BCUT2D eigenvalue weighted by Crippen LogP contribution is -2.41. The van der Waals surface area contributed by atoms with E-state index in [1.165, 1.54) is 29.6 Å². The Morgan fingerprint density at radius 3 is 2.02 bits per heavy atom. The molecule has 12 heteroatoms. The fourth-order valence-electron chi connectivity index (χ4n) is 7.02. The van der Waals surface area contributed by atoms with Crippen LogP contribution in [0.4, 0.5) is 11.6 Å². The number of ether oxygens (including phenoxy) is 2. The minimum Gasteiger partial charge on any atom is -0.488 e. The van der Waals surface area contributed by atoms with Crippen LogP contribution < -0.4 is 14.5 Å². The summed E-state index contributed by atoms with van der Waals surface area (Å²) in [5.41, 5.74) is 5.32.